The van der Waals surface area contributed by atoms with E-state index >= 15 is 0 Å². The van der Waals surface area contributed by atoms with Crippen LogP contribution in [-0.4, -0.2) is 32.6 Å². The van der Waals surface area contributed by atoms with Crippen molar-refractivity contribution in [2.45, 2.75) is 32.4 Å². The van der Waals surface area contributed by atoms with Gasteiger partial charge in [-0.05, 0) is 43.5 Å². The molecule has 2 aliphatic rings. The van der Waals surface area contributed by atoms with Crippen LogP contribution in [0.15, 0.2) is 55.8 Å². The number of benzene rings is 1. The van der Waals surface area contributed by atoms with Gasteiger partial charge in [-0.3, -0.25) is 9.69 Å². The smallest absolute Gasteiger partial charge is 0.346 e. The second-order valence-electron chi connectivity index (χ2n) is 9.12. The normalized spacial score (nSPS) is 20.2. The number of aryl methyl sites for hydroxylation is 1. The average Bonchev–Trinajstić information content (AvgIpc) is 3.22. The molecule has 0 amide bonds. The molecule has 0 aliphatic carbocycles. The minimum atomic E-state index is -0.451. The molecule has 0 spiro atoms. The molecule has 7 nitrogen and oxygen atoms in total. The van der Waals surface area contributed by atoms with Crippen LogP contribution in [-0.2, 0) is 13.1 Å². The van der Waals surface area contributed by atoms with Gasteiger partial charge in [-0.15, -0.1) is 11.3 Å². The zero-order valence-corrected chi connectivity index (χ0v) is 19.0. The molecular weight excluding hydrogens is 438 g/mol. The Morgan fingerprint density at radius 2 is 2.06 bits per heavy atom. The summed E-state index contributed by atoms with van der Waals surface area (Å²) in [5, 5.41) is 14.0. The zero-order chi connectivity index (χ0) is 22.7. The van der Waals surface area contributed by atoms with Gasteiger partial charge in [0.1, 0.15) is 16.3 Å². The maximum absolute atomic E-state index is 12.8. The van der Waals surface area contributed by atoms with Gasteiger partial charge >= 0.3 is 5.63 Å². The summed E-state index contributed by atoms with van der Waals surface area (Å²) in [6.45, 7) is 4.70. The van der Waals surface area contributed by atoms with Gasteiger partial charge in [-0.25, -0.2) is 9.78 Å². The largest absolute Gasteiger partial charge is 0.507 e. The average molecular weight is 462 g/mol. The molecule has 1 saturated heterocycles. The summed E-state index contributed by atoms with van der Waals surface area (Å²) in [5.41, 5.74) is 3.04. The summed E-state index contributed by atoms with van der Waals surface area (Å²) in [7, 11) is 0. The highest BCUT2D eigenvalue weighted by atomic mass is 32.1. The minimum absolute atomic E-state index is 0.0651. The van der Waals surface area contributed by atoms with E-state index in [1.807, 2.05) is 29.0 Å². The minimum Gasteiger partial charge on any atom is -0.507 e. The van der Waals surface area contributed by atoms with Crippen molar-refractivity contribution < 1.29 is 9.52 Å². The quantitative estimate of drug-likeness (QED) is 0.468. The van der Waals surface area contributed by atoms with Crippen molar-refractivity contribution in [3.05, 3.63) is 79.5 Å². The van der Waals surface area contributed by atoms with E-state index < -0.39 is 5.63 Å². The van der Waals surface area contributed by atoms with Gasteiger partial charge in [-0.2, -0.15) is 0 Å². The fourth-order valence-corrected chi connectivity index (χ4v) is 6.16. The third-order valence-electron chi connectivity index (χ3n) is 6.77. The summed E-state index contributed by atoms with van der Waals surface area (Å²) in [6, 6.07) is 10.7. The Hall–Kier alpha value is -3.23. The molecule has 1 N–H and O–H groups in total. The lowest BCUT2D eigenvalue weighted by Gasteiger charge is -2.42. The van der Waals surface area contributed by atoms with Crippen LogP contribution < -0.4 is 11.2 Å². The molecule has 8 heteroatoms. The van der Waals surface area contributed by atoms with Crippen molar-refractivity contribution in [1.82, 2.24) is 14.5 Å². The van der Waals surface area contributed by atoms with Crippen LogP contribution in [0.2, 0.25) is 0 Å². The Balaban J connectivity index is 1.35. The van der Waals surface area contributed by atoms with Gasteiger partial charge in [0.15, 0.2) is 0 Å². The molecule has 6 rings (SSSR count). The van der Waals surface area contributed by atoms with E-state index in [4.69, 9.17) is 4.42 Å². The van der Waals surface area contributed by atoms with Crippen LogP contribution in [0.25, 0.3) is 21.5 Å². The van der Waals surface area contributed by atoms with E-state index in [1.54, 1.807) is 24.3 Å². The fraction of sp³-hybridized carbons (Fsp3) is 0.320. The summed E-state index contributed by atoms with van der Waals surface area (Å²) < 4.78 is 7.66. The molecule has 168 valence electrons. The molecule has 5 heterocycles. The highest BCUT2D eigenvalue weighted by molar-refractivity contribution is 7.13. The lowest BCUT2D eigenvalue weighted by atomic mass is 9.83. The first kappa shape index (κ1) is 20.4. The number of aromatic nitrogens is 2. The van der Waals surface area contributed by atoms with E-state index in [0.717, 1.165) is 42.8 Å². The van der Waals surface area contributed by atoms with E-state index in [0.29, 0.717) is 34.2 Å². The number of pyridine rings is 1. The van der Waals surface area contributed by atoms with Crippen LogP contribution in [0.3, 0.4) is 0 Å². The number of hydrogen-bond acceptors (Lipinski definition) is 7. The number of phenolic OH excluding ortho intramolecular Hbond substituents is 1. The van der Waals surface area contributed by atoms with Crippen LogP contribution in [0.4, 0.5) is 0 Å². The Morgan fingerprint density at radius 3 is 2.88 bits per heavy atom. The Bertz CT molecular complexity index is 1500. The molecule has 2 bridgehead atoms. The molecule has 1 aromatic carbocycles. The number of aromatic hydroxyl groups is 1. The monoisotopic (exact) mass is 461 g/mol. The summed E-state index contributed by atoms with van der Waals surface area (Å²) in [6.07, 6.45) is 1.06. The van der Waals surface area contributed by atoms with Crippen LogP contribution >= 0.6 is 11.3 Å². The molecule has 0 saturated carbocycles. The van der Waals surface area contributed by atoms with Crippen molar-refractivity contribution in [2.24, 2.45) is 5.92 Å². The third-order valence-corrected chi connectivity index (χ3v) is 7.76. The highest BCUT2D eigenvalue weighted by Crippen LogP contribution is 2.37. The molecule has 1 fully saturated rings. The van der Waals surface area contributed by atoms with Gasteiger partial charge in [0, 0.05) is 60.3 Å². The van der Waals surface area contributed by atoms with Crippen LogP contribution in [0.5, 0.6) is 5.75 Å². The SMILES string of the molecule is Cc1csc(-c2cc3ccc(O)c(CN4CC5CC(C4)c4cccc(=O)n4C5)c3oc2=O)n1. The first-order valence-electron chi connectivity index (χ1n) is 11.1. The number of hydrogen-bond donors (Lipinski definition) is 1. The number of piperidine rings is 1. The highest BCUT2D eigenvalue weighted by Gasteiger charge is 2.35. The van der Waals surface area contributed by atoms with Gasteiger partial charge in [0.25, 0.3) is 5.56 Å². The first-order chi connectivity index (χ1) is 16.0. The van der Waals surface area contributed by atoms with Crippen LogP contribution in [0.1, 0.15) is 29.3 Å². The first-order valence-corrected chi connectivity index (χ1v) is 12.0. The molecule has 0 radical (unpaired) electrons. The number of nitrogens with zero attached hydrogens (tertiary/aromatic N) is 3. The van der Waals surface area contributed by atoms with Crippen molar-refractivity contribution in [1.29, 1.82) is 0 Å². The van der Waals surface area contributed by atoms with Crippen molar-refractivity contribution in [3.63, 3.8) is 0 Å². The molecule has 2 unspecified atom stereocenters. The molecule has 2 atom stereocenters. The zero-order valence-electron chi connectivity index (χ0n) is 18.2. The second kappa shape index (κ2) is 7.67. The third kappa shape index (κ3) is 3.50. The fourth-order valence-electron chi connectivity index (χ4n) is 5.36. The van der Waals surface area contributed by atoms with Crippen LogP contribution in [0, 0.1) is 12.8 Å². The molecule has 3 aromatic heterocycles. The maximum Gasteiger partial charge on any atom is 0.346 e. The maximum atomic E-state index is 12.8. The van der Waals surface area contributed by atoms with Crippen molar-refractivity contribution in [3.8, 4) is 16.3 Å². The summed E-state index contributed by atoms with van der Waals surface area (Å²) in [4.78, 5) is 31.8. The predicted octanol–water partition coefficient (Wildman–Crippen LogP) is 3.71. The van der Waals surface area contributed by atoms with E-state index in [1.165, 1.54) is 11.3 Å². The number of phenols is 1. The van der Waals surface area contributed by atoms with Gasteiger partial charge in [0.2, 0.25) is 0 Å². The molecular formula is C25H23N3O4S. The lowest BCUT2D eigenvalue weighted by Crippen LogP contribution is -2.46. The predicted molar refractivity (Wildman–Crippen MR) is 127 cm³/mol. The Kier molecular flexibility index (Phi) is 4.74. The Labute approximate surface area is 193 Å². The Morgan fingerprint density at radius 1 is 1.18 bits per heavy atom. The van der Waals surface area contributed by atoms with E-state index in [9.17, 15) is 14.7 Å². The van der Waals surface area contributed by atoms with E-state index in [2.05, 4.69) is 9.88 Å². The van der Waals surface area contributed by atoms with Gasteiger partial charge in [-0.1, -0.05) is 6.07 Å². The van der Waals surface area contributed by atoms with E-state index in [-0.39, 0.29) is 17.2 Å². The number of rotatable bonds is 3. The summed E-state index contributed by atoms with van der Waals surface area (Å²) in [5.74, 6) is 0.770. The molecule has 2 aliphatic heterocycles. The summed E-state index contributed by atoms with van der Waals surface area (Å²) >= 11 is 1.41. The topological polar surface area (TPSA) is 88.6 Å². The van der Waals surface area contributed by atoms with Gasteiger partial charge < -0.3 is 14.1 Å². The standard InChI is InChI=1S/C25H23N3O4S/c1-14-13-33-24(26-14)18-8-16-5-6-21(29)19(23(16)32-25(18)31)12-27-9-15-7-17(11-27)20-3-2-4-22(30)28(20)10-15/h2-6,8,13,15,17,29H,7,9-12H2,1H3. The number of fused-ring (bicyclic) bond motifs is 5. The number of thiazole rings is 1. The lowest BCUT2D eigenvalue weighted by molar-refractivity contribution is 0.113. The second-order valence-corrected chi connectivity index (χ2v) is 9.97. The van der Waals surface area contributed by atoms with Gasteiger partial charge in [0.05, 0.1) is 11.1 Å². The number of likely N-dealkylation sites (tertiary alicyclic amines) is 1. The van der Waals surface area contributed by atoms with Crippen molar-refractivity contribution >= 4 is 22.3 Å². The molecule has 4 aromatic rings. The van der Waals surface area contributed by atoms with Crippen molar-refractivity contribution in [2.75, 3.05) is 13.1 Å². The molecule has 33 heavy (non-hydrogen) atoms.